The van der Waals surface area contributed by atoms with E-state index in [0.29, 0.717) is 5.92 Å². The van der Waals surface area contributed by atoms with Gasteiger partial charge in [-0.1, -0.05) is 44.5 Å². The Hall–Kier alpha value is -1.30. The lowest BCUT2D eigenvalue weighted by molar-refractivity contribution is 0.139. The van der Waals surface area contributed by atoms with Crippen molar-refractivity contribution in [1.29, 1.82) is 0 Å². The fraction of sp³-hybridized carbons (Fsp3) is 0.696. The molecule has 1 aliphatic heterocycles. The second kappa shape index (κ2) is 11.8. The summed E-state index contributed by atoms with van der Waals surface area (Å²) in [6.45, 7) is 17.4. The van der Waals surface area contributed by atoms with Crippen LogP contribution in [0.5, 0.6) is 0 Å². The zero-order chi connectivity index (χ0) is 21.3. The van der Waals surface area contributed by atoms with Crippen LogP contribution in [-0.4, -0.2) is 75.2 Å². The summed E-state index contributed by atoms with van der Waals surface area (Å²) >= 11 is 6.14. The summed E-state index contributed by atoms with van der Waals surface area (Å²) < 4.78 is 0. The number of hydrogen-bond acceptors (Lipinski definition) is 3. The van der Waals surface area contributed by atoms with Gasteiger partial charge in [-0.15, -0.1) is 0 Å². The molecule has 1 unspecified atom stereocenters. The van der Waals surface area contributed by atoms with Crippen molar-refractivity contribution < 1.29 is 0 Å². The highest BCUT2D eigenvalue weighted by molar-refractivity contribution is 6.30. The van der Waals surface area contributed by atoms with Gasteiger partial charge in [0.2, 0.25) is 0 Å². The van der Waals surface area contributed by atoms with E-state index in [1.165, 1.54) is 31.7 Å². The molecule has 0 aliphatic carbocycles. The normalized spacial score (nSPS) is 17.9. The van der Waals surface area contributed by atoms with Gasteiger partial charge in [0.1, 0.15) is 0 Å². The van der Waals surface area contributed by atoms with Crippen LogP contribution in [-0.2, 0) is 6.42 Å². The third kappa shape index (κ3) is 9.37. The number of guanidine groups is 1. The van der Waals surface area contributed by atoms with Crippen molar-refractivity contribution in [3.63, 3.8) is 0 Å². The maximum Gasteiger partial charge on any atom is 0.191 e. The van der Waals surface area contributed by atoms with Crippen molar-refractivity contribution in [3.05, 3.63) is 34.9 Å². The van der Waals surface area contributed by atoms with Gasteiger partial charge in [-0.3, -0.25) is 4.99 Å². The standard InChI is InChI=1S/C23H40ClN5/c1-6-25-22(26-16-19(2)17-29-12-10-28(5)11-13-29)27-18-23(3,4)15-20-8-7-9-21(24)14-20/h7-9,14,19H,6,10-13,15-18H2,1-5H3,(H2,25,26,27). The van der Waals surface area contributed by atoms with E-state index in [1.807, 2.05) is 12.1 Å². The Balaban J connectivity index is 1.83. The van der Waals surface area contributed by atoms with Crippen LogP contribution in [0.1, 0.15) is 33.3 Å². The number of likely N-dealkylation sites (N-methyl/N-ethyl adjacent to an activating group) is 1. The van der Waals surface area contributed by atoms with Crippen LogP contribution in [0.15, 0.2) is 29.3 Å². The summed E-state index contributed by atoms with van der Waals surface area (Å²) in [6.07, 6.45) is 0.955. The molecule has 29 heavy (non-hydrogen) atoms. The molecule has 5 nitrogen and oxygen atoms in total. The van der Waals surface area contributed by atoms with Gasteiger partial charge < -0.3 is 20.4 Å². The number of piperazine rings is 1. The first-order chi connectivity index (χ1) is 13.8. The molecule has 1 saturated heterocycles. The van der Waals surface area contributed by atoms with E-state index in [4.69, 9.17) is 16.6 Å². The fourth-order valence-corrected chi connectivity index (χ4v) is 3.91. The highest BCUT2D eigenvalue weighted by atomic mass is 35.5. The average molecular weight is 422 g/mol. The molecule has 1 atom stereocenters. The third-order valence-corrected chi connectivity index (χ3v) is 5.60. The average Bonchev–Trinajstić information content (AvgIpc) is 2.65. The largest absolute Gasteiger partial charge is 0.357 e. The third-order valence-electron chi connectivity index (χ3n) is 5.36. The molecule has 2 rings (SSSR count). The number of nitrogens with zero attached hydrogens (tertiary/aromatic N) is 3. The molecule has 164 valence electrons. The van der Waals surface area contributed by atoms with Crippen molar-refractivity contribution in [1.82, 2.24) is 20.4 Å². The van der Waals surface area contributed by atoms with Crippen molar-refractivity contribution in [2.45, 2.75) is 34.1 Å². The molecule has 0 aromatic heterocycles. The predicted octanol–water partition coefficient (Wildman–Crippen LogP) is 3.35. The quantitative estimate of drug-likeness (QED) is 0.474. The molecule has 1 heterocycles. The van der Waals surface area contributed by atoms with Crippen LogP contribution in [0.3, 0.4) is 0 Å². The van der Waals surface area contributed by atoms with E-state index in [1.54, 1.807) is 0 Å². The van der Waals surface area contributed by atoms with Gasteiger partial charge in [0.25, 0.3) is 0 Å². The van der Waals surface area contributed by atoms with Gasteiger partial charge in [0.15, 0.2) is 5.96 Å². The van der Waals surface area contributed by atoms with Gasteiger partial charge in [-0.2, -0.15) is 0 Å². The Bertz CT molecular complexity index is 638. The summed E-state index contributed by atoms with van der Waals surface area (Å²) in [6, 6.07) is 8.13. The van der Waals surface area contributed by atoms with E-state index in [0.717, 1.165) is 43.6 Å². The number of aliphatic imine (C=N–C) groups is 1. The Kier molecular flexibility index (Phi) is 9.73. The Labute approximate surface area is 182 Å². The number of rotatable bonds is 9. The topological polar surface area (TPSA) is 42.9 Å². The molecule has 1 aromatic rings. The molecule has 0 bridgehead atoms. The molecule has 1 aliphatic rings. The maximum atomic E-state index is 6.14. The minimum Gasteiger partial charge on any atom is -0.357 e. The number of nitrogens with one attached hydrogen (secondary N) is 2. The van der Waals surface area contributed by atoms with Gasteiger partial charge in [0.05, 0.1) is 0 Å². The minimum atomic E-state index is 0.0679. The van der Waals surface area contributed by atoms with Crippen LogP contribution >= 0.6 is 11.6 Å². The van der Waals surface area contributed by atoms with Gasteiger partial charge in [-0.05, 0) is 49.4 Å². The molecule has 1 fully saturated rings. The molecule has 0 saturated carbocycles. The fourth-order valence-electron chi connectivity index (χ4n) is 3.70. The Morgan fingerprint density at radius 1 is 1.21 bits per heavy atom. The van der Waals surface area contributed by atoms with E-state index < -0.39 is 0 Å². The molecule has 0 amide bonds. The monoisotopic (exact) mass is 421 g/mol. The SMILES string of the molecule is CCNC(=NCC(C)(C)Cc1cccc(Cl)c1)NCC(C)CN1CCN(C)CC1. The number of benzene rings is 1. The van der Waals surface area contributed by atoms with Crippen LogP contribution in [0, 0.1) is 11.3 Å². The highest BCUT2D eigenvalue weighted by Crippen LogP contribution is 2.24. The molecule has 2 N–H and O–H groups in total. The first-order valence-corrected chi connectivity index (χ1v) is 11.3. The van der Waals surface area contributed by atoms with Crippen LogP contribution in [0.4, 0.5) is 0 Å². The van der Waals surface area contributed by atoms with E-state index in [2.05, 4.69) is 67.3 Å². The predicted molar refractivity (Wildman–Crippen MR) is 126 cm³/mol. The molecular weight excluding hydrogens is 382 g/mol. The summed E-state index contributed by atoms with van der Waals surface area (Å²) in [5.41, 5.74) is 1.33. The summed E-state index contributed by atoms with van der Waals surface area (Å²) in [5.74, 6) is 1.50. The zero-order valence-corrected chi connectivity index (χ0v) is 19.7. The van der Waals surface area contributed by atoms with Crippen molar-refractivity contribution in [2.75, 3.05) is 59.4 Å². The maximum absolute atomic E-state index is 6.14. The van der Waals surface area contributed by atoms with Crippen molar-refractivity contribution in [2.24, 2.45) is 16.3 Å². The lowest BCUT2D eigenvalue weighted by Crippen LogP contribution is -2.47. The molecule has 0 radical (unpaired) electrons. The Morgan fingerprint density at radius 3 is 2.59 bits per heavy atom. The second-order valence-electron chi connectivity index (χ2n) is 9.26. The molecular formula is C23H40ClN5. The highest BCUT2D eigenvalue weighted by Gasteiger charge is 2.19. The number of halogens is 1. The van der Waals surface area contributed by atoms with E-state index in [9.17, 15) is 0 Å². The summed E-state index contributed by atoms with van der Waals surface area (Å²) in [4.78, 5) is 9.85. The zero-order valence-electron chi connectivity index (χ0n) is 19.0. The number of hydrogen-bond donors (Lipinski definition) is 2. The van der Waals surface area contributed by atoms with Crippen molar-refractivity contribution in [3.8, 4) is 0 Å². The van der Waals surface area contributed by atoms with E-state index in [-0.39, 0.29) is 5.41 Å². The van der Waals surface area contributed by atoms with E-state index >= 15 is 0 Å². The summed E-state index contributed by atoms with van der Waals surface area (Å²) in [5, 5.41) is 7.73. The van der Waals surface area contributed by atoms with Crippen LogP contribution in [0.25, 0.3) is 0 Å². The van der Waals surface area contributed by atoms with Gasteiger partial charge >= 0.3 is 0 Å². The lowest BCUT2D eigenvalue weighted by Gasteiger charge is -2.34. The van der Waals surface area contributed by atoms with Crippen LogP contribution < -0.4 is 10.6 Å². The smallest absolute Gasteiger partial charge is 0.191 e. The molecule has 1 aromatic carbocycles. The van der Waals surface area contributed by atoms with Crippen LogP contribution in [0.2, 0.25) is 5.02 Å². The minimum absolute atomic E-state index is 0.0679. The molecule has 0 spiro atoms. The summed E-state index contributed by atoms with van der Waals surface area (Å²) in [7, 11) is 2.20. The second-order valence-corrected chi connectivity index (χ2v) is 9.69. The van der Waals surface area contributed by atoms with Crippen molar-refractivity contribution >= 4 is 17.6 Å². The first kappa shape index (κ1) is 24.0. The Morgan fingerprint density at radius 2 is 1.93 bits per heavy atom. The molecule has 6 heteroatoms. The first-order valence-electron chi connectivity index (χ1n) is 10.9. The van der Waals surface area contributed by atoms with Gasteiger partial charge in [-0.25, -0.2) is 0 Å². The lowest BCUT2D eigenvalue weighted by atomic mass is 9.86. The van der Waals surface area contributed by atoms with Gasteiger partial charge in [0, 0.05) is 57.4 Å².